The quantitative estimate of drug-likeness (QED) is 0.620. The van der Waals surface area contributed by atoms with Crippen molar-refractivity contribution in [3.63, 3.8) is 0 Å². The molecule has 1 aliphatic carbocycles. The van der Waals surface area contributed by atoms with Gasteiger partial charge in [0.15, 0.2) is 5.76 Å². The lowest BCUT2D eigenvalue weighted by atomic mass is 9.91. The second-order valence-corrected chi connectivity index (χ2v) is 9.19. The number of carbonyl (C=O) groups excluding carboxylic acids is 2. The Hall–Kier alpha value is -3.55. The Morgan fingerprint density at radius 2 is 2.03 bits per heavy atom. The molecule has 1 fully saturated rings. The summed E-state index contributed by atoms with van der Waals surface area (Å²) >= 11 is 0. The van der Waals surface area contributed by atoms with Gasteiger partial charge in [0.05, 0.1) is 12.8 Å². The molecule has 2 aliphatic rings. The van der Waals surface area contributed by atoms with Crippen LogP contribution in [0.5, 0.6) is 5.75 Å². The lowest BCUT2D eigenvalue weighted by molar-refractivity contribution is -0.134. The van der Waals surface area contributed by atoms with Crippen LogP contribution in [0.2, 0.25) is 0 Å². The van der Waals surface area contributed by atoms with E-state index in [0.29, 0.717) is 17.1 Å². The van der Waals surface area contributed by atoms with Gasteiger partial charge in [-0.05, 0) is 49.6 Å². The minimum Gasteiger partial charge on any atom is -0.508 e. The van der Waals surface area contributed by atoms with Crippen LogP contribution in [0.1, 0.15) is 55.1 Å². The van der Waals surface area contributed by atoms with Gasteiger partial charge >= 0.3 is 0 Å². The molecule has 172 valence electrons. The number of hydrogen-bond donors (Lipinski definition) is 2. The summed E-state index contributed by atoms with van der Waals surface area (Å²) in [5.74, 6) is 0.229. The highest BCUT2D eigenvalue weighted by Gasteiger charge is 2.48. The first kappa shape index (κ1) is 21.3. The number of fused-ring (bicyclic) bond motifs is 1. The first-order valence-electron chi connectivity index (χ1n) is 11.5. The van der Waals surface area contributed by atoms with Crippen molar-refractivity contribution in [1.82, 2.24) is 20.0 Å². The van der Waals surface area contributed by atoms with E-state index >= 15 is 0 Å². The second-order valence-electron chi connectivity index (χ2n) is 9.19. The van der Waals surface area contributed by atoms with Crippen LogP contribution in [0.25, 0.3) is 11.5 Å². The molecule has 2 N–H and O–H groups in total. The zero-order valence-electron chi connectivity index (χ0n) is 18.7. The van der Waals surface area contributed by atoms with Gasteiger partial charge in [0, 0.05) is 18.7 Å². The fourth-order valence-electron chi connectivity index (χ4n) is 4.86. The summed E-state index contributed by atoms with van der Waals surface area (Å²) in [6, 6.07) is 12.2. The van der Waals surface area contributed by atoms with Crippen LogP contribution in [-0.2, 0) is 17.9 Å². The maximum absolute atomic E-state index is 13.7. The molecule has 1 aliphatic heterocycles. The number of rotatable bonds is 5. The molecule has 8 nitrogen and oxygen atoms in total. The fraction of sp³-hybridized carbons (Fsp3) is 0.400. The molecule has 1 unspecified atom stereocenters. The SMILES string of the molecule is CC1(C(=O)NC2CCCCC2)Cn2nc(-c3ccco3)cc2C(=O)N1Cc1cccc(O)c1. The highest BCUT2D eigenvalue weighted by molar-refractivity contribution is 6.00. The maximum atomic E-state index is 13.7. The monoisotopic (exact) mass is 448 g/mol. The summed E-state index contributed by atoms with van der Waals surface area (Å²) in [4.78, 5) is 28.9. The number of phenolic OH excluding ortho intramolecular Hbond substituents is 1. The average molecular weight is 449 g/mol. The maximum Gasteiger partial charge on any atom is 0.273 e. The van der Waals surface area contributed by atoms with Crippen molar-refractivity contribution >= 4 is 11.8 Å². The van der Waals surface area contributed by atoms with Crippen molar-refractivity contribution in [2.45, 2.75) is 63.7 Å². The van der Waals surface area contributed by atoms with Gasteiger partial charge < -0.3 is 19.7 Å². The summed E-state index contributed by atoms with van der Waals surface area (Å²) in [6.07, 6.45) is 6.87. The van der Waals surface area contributed by atoms with Crippen LogP contribution in [0.4, 0.5) is 0 Å². The molecule has 1 saturated carbocycles. The molecule has 5 rings (SSSR count). The van der Waals surface area contributed by atoms with Gasteiger partial charge in [0.2, 0.25) is 5.91 Å². The molecule has 3 heterocycles. The van der Waals surface area contributed by atoms with Gasteiger partial charge in [-0.25, -0.2) is 0 Å². The van der Waals surface area contributed by atoms with E-state index in [1.807, 2.05) is 6.07 Å². The number of benzene rings is 1. The van der Waals surface area contributed by atoms with E-state index in [1.54, 1.807) is 59.2 Å². The Morgan fingerprint density at radius 3 is 2.76 bits per heavy atom. The van der Waals surface area contributed by atoms with Gasteiger partial charge in [-0.3, -0.25) is 14.3 Å². The molecule has 8 heteroatoms. The summed E-state index contributed by atoms with van der Waals surface area (Å²) in [5, 5.41) is 17.7. The molecule has 1 aromatic carbocycles. The third-order valence-electron chi connectivity index (χ3n) is 6.75. The lowest BCUT2D eigenvalue weighted by Crippen LogP contribution is -2.64. The highest BCUT2D eigenvalue weighted by atomic mass is 16.3. The number of furan rings is 1. The largest absolute Gasteiger partial charge is 0.508 e. The summed E-state index contributed by atoms with van der Waals surface area (Å²) in [5.41, 5.74) is 0.570. The minimum absolute atomic E-state index is 0.121. The number of aromatic nitrogens is 2. The zero-order valence-corrected chi connectivity index (χ0v) is 18.7. The third-order valence-corrected chi connectivity index (χ3v) is 6.75. The first-order valence-corrected chi connectivity index (χ1v) is 11.5. The molecule has 0 saturated heterocycles. The zero-order chi connectivity index (χ0) is 23.0. The Labute approximate surface area is 192 Å². The topological polar surface area (TPSA) is 101 Å². The summed E-state index contributed by atoms with van der Waals surface area (Å²) in [6.45, 7) is 2.22. The minimum atomic E-state index is -1.14. The number of phenols is 1. The fourth-order valence-corrected chi connectivity index (χ4v) is 4.86. The molecule has 2 aromatic heterocycles. The van der Waals surface area contributed by atoms with E-state index in [0.717, 1.165) is 31.2 Å². The van der Waals surface area contributed by atoms with Crippen molar-refractivity contribution < 1.29 is 19.1 Å². The molecule has 0 radical (unpaired) electrons. The van der Waals surface area contributed by atoms with Crippen molar-refractivity contribution in [2.75, 3.05) is 0 Å². The predicted octanol–water partition coefficient (Wildman–Crippen LogP) is 3.71. The van der Waals surface area contributed by atoms with E-state index in [-0.39, 0.29) is 36.7 Å². The Kier molecular flexibility index (Phi) is 5.44. The summed E-state index contributed by atoms with van der Waals surface area (Å²) in [7, 11) is 0. The van der Waals surface area contributed by atoms with Gasteiger partial charge in [-0.2, -0.15) is 5.10 Å². The van der Waals surface area contributed by atoms with Gasteiger partial charge in [-0.1, -0.05) is 31.4 Å². The molecule has 33 heavy (non-hydrogen) atoms. The van der Waals surface area contributed by atoms with Crippen LogP contribution in [-0.4, -0.2) is 43.2 Å². The van der Waals surface area contributed by atoms with Crippen LogP contribution >= 0.6 is 0 Å². The molecule has 2 amide bonds. The molecule has 0 bridgehead atoms. The van der Waals surface area contributed by atoms with Crippen LogP contribution in [0.3, 0.4) is 0 Å². The van der Waals surface area contributed by atoms with E-state index in [9.17, 15) is 14.7 Å². The smallest absolute Gasteiger partial charge is 0.273 e. The van der Waals surface area contributed by atoms with Crippen molar-refractivity contribution in [1.29, 1.82) is 0 Å². The van der Waals surface area contributed by atoms with Gasteiger partial charge in [0.1, 0.15) is 22.7 Å². The molecular weight excluding hydrogens is 420 g/mol. The number of aromatic hydroxyl groups is 1. The van der Waals surface area contributed by atoms with E-state index in [4.69, 9.17) is 4.42 Å². The first-order chi connectivity index (χ1) is 15.9. The lowest BCUT2D eigenvalue weighted by Gasteiger charge is -2.44. The molecule has 1 atom stereocenters. The Balaban J connectivity index is 1.51. The van der Waals surface area contributed by atoms with E-state index in [2.05, 4.69) is 10.4 Å². The third kappa shape index (κ3) is 4.01. The number of carbonyl (C=O) groups is 2. The average Bonchev–Trinajstić information content (AvgIpc) is 3.47. The predicted molar refractivity (Wildman–Crippen MR) is 121 cm³/mol. The standard InChI is InChI=1S/C25H28N4O4/c1-25(24(32)26-18-8-3-2-4-9-18)16-29-21(14-20(27-29)22-11-6-12-33-22)23(31)28(25)15-17-7-5-10-19(30)13-17/h5-7,10-14,18,30H,2-4,8-9,15-16H2,1H3,(H,26,32). The number of amides is 2. The van der Waals surface area contributed by atoms with Crippen molar-refractivity contribution in [3.05, 3.63) is 60.0 Å². The van der Waals surface area contributed by atoms with Gasteiger partial charge in [-0.15, -0.1) is 0 Å². The Morgan fingerprint density at radius 1 is 1.21 bits per heavy atom. The molecular formula is C25H28N4O4. The number of nitrogens with zero attached hydrogens (tertiary/aromatic N) is 3. The molecule has 3 aromatic rings. The van der Waals surface area contributed by atoms with Crippen molar-refractivity contribution in [3.8, 4) is 17.2 Å². The van der Waals surface area contributed by atoms with E-state index < -0.39 is 5.54 Å². The normalized spacial score (nSPS) is 21.1. The summed E-state index contributed by atoms with van der Waals surface area (Å²) < 4.78 is 7.07. The molecule has 0 spiro atoms. The van der Waals surface area contributed by atoms with Crippen LogP contribution < -0.4 is 5.32 Å². The second kappa shape index (κ2) is 8.42. The number of nitrogens with one attached hydrogen (secondary N) is 1. The van der Waals surface area contributed by atoms with E-state index in [1.165, 1.54) is 6.42 Å². The van der Waals surface area contributed by atoms with Gasteiger partial charge in [0.25, 0.3) is 5.91 Å². The van der Waals surface area contributed by atoms with Crippen LogP contribution in [0.15, 0.2) is 53.1 Å². The Bertz CT molecular complexity index is 1160. The highest BCUT2D eigenvalue weighted by Crippen LogP contribution is 2.32. The van der Waals surface area contributed by atoms with Crippen molar-refractivity contribution in [2.24, 2.45) is 0 Å². The number of hydrogen-bond acceptors (Lipinski definition) is 5. The van der Waals surface area contributed by atoms with Crippen LogP contribution in [0, 0.1) is 0 Å².